The van der Waals surface area contributed by atoms with E-state index in [-0.39, 0.29) is 6.42 Å². The van der Waals surface area contributed by atoms with E-state index in [0.717, 1.165) is 10.0 Å². The summed E-state index contributed by atoms with van der Waals surface area (Å²) in [5.41, 5.74) is 3.87. The number of hydrogen-bond acceptors (Lipinski definition) is 5. The van der Waals surface area contributed by atoms with E-state index in [0.29, 0.717) is 17.9 Å². The molecule has 0 spiro atoms. The normalized spacial score (nSPS) is 10.5. The molecule has 0 unspecified atom stereocenters. The van der Waals surface area contributed by atoms with E-state index in [2.05, 4.69) is 36.8 Å². The van der Waals surface area contributed by atoms with Crippen LogP contribution in [0, 0.1) is 0 Å². The minimum absolute atomic E-state index is 0.312. The Kier molecular flexibility index (Phi) is 7.09. The zero-order valence-corrected chi connectivity index (χ0v) is 15.1. The molecule has 0 aliphatic heterocycles. The maximum Gasteiger partial charge on any atom is 0.249 e. The van der Waals surface area contributed by atoms with Crippen LogP contribution in [0.25, 0.3) is 0 Å². The average Bonchev–Trinajstić information content (AvgIpc) is 2.61. The number of carbonyl (C=O) groups is 2. The third-order valence-corrected chi connectivity index (χ3v) is 3.61. The second-order valence-corrected chi connectivity index (χ2v) is 5.91. The molecule has 7 nitrogen and oxygen atoms in total. The number of ether oxygens (including phenoxy) is 1. The highest BCUT2D eigenvalue weighted by Crippen LogP contribution is 2.21. The van der Waals surface area contributed by atoms with Gasteiger partial charge in [0.15, 0.2) is 0 Å². The summed E-state index contributed by atoms with van der Waals surface area (Å²) in [6, 6.07) is 9.03. The van der Waals surface area contributed by atoms with Crippen molar-refractivity contribution in [2.75, 3.05) is 7.11 Å². The number of hydrazone groups is 1. The third kappa shape index (κ3) is 6.34. The van der Waals surface area contributed by atoms with Crippen LogP contribution >= 0.6 is 15.9 Å². The Morgan fingerprint density at radius 1 is 1.32 bits per heavy atom. The van der Waals surface area contributed by atoms with Gasteiger partial charge in [-0.25, -0.2) is 5.43 Å². The first kappa shape index (κ1) is 18.6. The van der Waals surface area contributed by atoms with E-state index in [1.807, 2.05) is 12.1 Å². The Bertz CT molecular complexity index is 766. The first-order chi connectivity index (χ1) is 12.1. The number of benzene rings is 1. The van der Waals surface area contributed by atoms with Crippen LogP contribution in [0.15, 0.2) is 52.3 Å². The number of pyridine rings is 1. The van der Waals surface area contributed by atoms with Gasteiger partial charge in [0.25, 0.3) is 0 Å². The third-order valence-electron chi connectivity index (χ3n) is 3.12. The lowest BCUT2D eigenvalue weighted by Crippen LogP contribution is -2.29. The van der Waals surface area contributed by atoms with Crippen molar-refractivity contribution in [3.63, 3.8) is 0 Å². The molecule has 1 aromatic carbocycles. The smallest absolute Gasteiger partial charge is 0.249 e. The van der Waals surface area contributed by atoms with Crippen LogP contribution in [0.3, 0.4) is 0 Å². The number of amides is 2. The molecule has 2 aromatic rings. The summed E-state index contributed by atoms with van der Waals surface area (Å²) in [6.45, 7) is 0.318. The van der Waals surface area contributed by atoms with Crippen molar-refractivity contribution in [3.05, 3.63) is 58.3 Å². The Morgan fingerprint density at radius 2 is 2.16 bits per heavy atom. The summed E-state index contributed by atoms with van der Waals surface area (Å²) in [5, 5.41) is 6.49. The molecule has 130 valence electrons. The number of aromatic nitrogens is 1. The fraction of sp³-hybridized carbons (Fsp3) is 0.176. The fourth-order valence-corrected chi connectivity index (χ4v) is 2.31. The van der Waals surface area contributed by atoms with Gasteiger partial charge in [0.1, 0.15) is 12.2 Å². The molecule has 2 rings (SSSR count). The Morgan fingerprint density at radius 3 is 2.88 bits per heavy atom. The lowest BCUT2D eigenvalue weighted by Gasteiger charge is -2.05. The monoisotopic (exact) mass is 404 g/mol. The molecule has 0 aliphatic rings. The molecule has 0 aliphatic carbocycles. The summed E-state index contributed by atoms with van der Waals surface area (Å²) in [4.78, 5) is 27.4. The predicted molar refractivity (Wildman–Crippen MR) is 97.1 cm³/mol. The Balaban J connectivity index is 1.80. The Labute approximate surface area is 153 Å². The van der Waals surface area contributed by atoms with Gasteiger partial charge in [0.2, 0.25) is 11.8 Å². The van der Waals surface area contributed by atoms with Gasteiger partial charge < -0.3 is 10.1 Å². The van der Waals surface area contributed by atoms with E-state index in [1.54, 1.807) is 37.7 Å². The van der Waals surface area contributed by atoms with E-state index in [1.165, 1.54) is 6.21 Å². The molecule has 1 aromatic heterocycles. The molecule has 0 radical (unpaired) electrons. The van der Waals surface area contributed by atoms with Crippen molar-refractivity contribution in [2.24, 2.45) is 5.10 Å². The number of methoxy groups -OCH3 is 1. The molecule has 0 bridgehead atoms. The highest BCUT2D eigenvalue weighted by molar-refractivity contribution is 9.10. The van der Waals surface area contributed by atoms with Gasteiger partial charge in [-0.15, -0.1) is 0 Å². The van der Waals surface area contributed by atoms with Crippen molar-refractivity contribution in [1.82, 2.24) is 15.7 Å². The minimum atomic E-state index is -0.506. The molecule has 2 N–H and O–H groups in total. The lowest BCUT2D eigenvalue weighted by atomic mass is 10.2. The maximum absolute atomic E-state index is 11.7. The first-order valence-corrected chi connectivity index (χ1v) is 8.19. The predicted octanol–water partition coefficient (Wildman–Crippen LogP) is 2.01. The second kappa shape index (κ2) is 9.53. The quantitative estimate of drug-likeness (QED) is 0.419. The minimum Gasteiger partial charge on any atom is -0.496 e. The summed E-state index contributed by atoms with van der Waals surface area (Å²) >= 11 is 3.35. The number of carbonyl (C=O) groups excluding carboxylic acids is 2. The molecule has 2 amide bonds. The Hall–Kier alpha value is -2.74. The standard InChI is InChI=1S/C17H17BrN4O3/c1-25-15-5-4-14(18)7-13(15)11-21-22-17(24)8-16(23)20-10-12-3-2-6-19-9-12/h2-7,9,11H,8,10H2,1H3,(H,20,23)(H,22,24)/b21-11-. The number of rotatable bonds is 7. The van der Waals surface area contributed by atoms with E-state index >= 15 is 0 Å². The van der Waals surface area contributed by atoms with Crippen LogP contribution in [0.5, 0.6) is 5.75 Å². The molecule has 0 fully saturated rings. The summed E-state index contributed by atoms with van der Waals surface area (Å²) in [5.74, 6) is -0.277. The van der Waals surface area contributed by atoms with Gasteiger partial charge in [0, 0.05) is 29.0 Å². The highest BCUT2D eigenvalue weighted by atomic mass is 79.9. The van der Waals surface area contributed by atoms with Crippen molar-refractivity contribution in [3.8, 4) is 5.75 Å². The summed E-state index contributed by atoms with van der Waals surface area (Å²) < 4.78 is 6.06. The zero-order valence-electron chi connectivity index (χ0n) is 13.5. The highest BCUT2D eigenvalue weighted by Gasteiger charge is 2.08. The lowest BCUT2D eigenvalue weighted by molar-refractivity contribution is -0.129. The number of nitrogens with zero attached hydrogens (tertiary/aromatic N) is 2. The van der Waals surface area contributed by atoms with Crippen LogP contribution in [-0.4, -0.2) is 30.1 Å². The maximum atomic E-state index is 11.7. The molecular weight excluding hydrogens is 388 g/mol. The van der Waals surface area contributed by atoms with E-state index < -0.39 is 11.8 Å². The number of nitrogens with one attached hydrogen (secondary N) is 2. The SMILES string of the molecule is COc1ccc(Br)cc1/C=N\NC(=O)CC(=O)NCc1cccnc1. The molecule has 0 saturated heterocycles. The van der Waals surface area contributed by atoms with E-state index in [4.69, 9.17) is 4.74 Å². The van der Waals surface area contributed by atoms with Gasteiger partial charge in [-0.1, -0.05) is 22.0 Å². The average molecular weight is 405 g/mol. The van der Waals surface area contributed by atoms with Crippen LogP contribution < -0.4 is 15.5 Å². The van der Waals surface area contributed by atoms with Crippen LogP contribution in [-0.2, 0) is 16.1 Å². The second-order valence-electron chi connectivity index (χ2n) is 4.99. The first-order valence-electron chi connectivity index (χ1n) is 7.39. The molecule has 1 heterocycles. The van der Waals surface area contributed by atoms with Crippen molar-refractivity contribution in [2.45, 2.75) is 13.0 Å². The molecular formula is C17H17BrN4O3. The van der Waals surface area contributed by atoms with Gasteiger partial charge in [-0.2, -0.15) is 5.10 Å². The number of hydrogen-bond donors (Lipinski definition) is 2. The van der Waals surface area contributed by atoms with Crippen molar-refractivity contribution in [1.29, 1.82) is 0 Å². The van der Waals surface area contributed by atoms with Crippen molar-refractivity contribution >= 4 is 34.0 Å². The largest absolute Gasteiger partial charge is 0.496 e. The van der Waals surface area contributed by atoms with Crippen molar-refractivity contribution < 1.29 is 14.3 Å². The van der Waals surface area contributed by atoms with Crippen LogP contribution in [0.2, 0.25) is 0 Å². The topological polar surface area (TPSA) is 92.7 Å². The fourth-order valence-electron chi connectivity index (χ4n) is 1.93. The molecule has 8 heteroatoms. The van der Waals surface area contributed by atoms with E-state index in [9.17, 15) is 9.59 Å². The summed E-state index contributed by atoms with van der Waals surface area (Å²) in [7, 11) is 1.55. The summed E-state index contributed by atoms with van der Waals surface area (Å²) in [6.07, 6.45) is 4.44. The molecule has 25 heavy (non-hydrogen) atoms. The van der Waals surface area contributed by atoms with Crippen LogP contribution in [0.4, 0.5) is 0 Å². The van der Waals surface area contributed by atoms with Gasteiger partial charge >= 0.3 is 0 Å². The zero-order chi connectivity index (χ0) is 18.1. The van der Waals surface area contributed by atoms with Crippen LogP contribution in [0.1, 0.15) is 17.5 Å². The van der Waals surface area contributed by atoms with Gasteiger partial charge in [0.05, 0.1) is 13.3 Å². The number of halogens is 1. The molecule has 0 atom stereocenters. The van der Waals surface area contributed by atoms with Gasteiger partial charge in [-0.05, 0) is 29.8 Å². The molecule has 0 saturated carbocycles. The van der Waals surface area contributed by atoms with Gasteiger partial charge in [-0.3, -0.25) is 14.6 Å².